The van der Waals surface area contributed by atoms with Crippen LogP contribution in [0.25, 0.3) is 10.9 Å². The molecule has 5 rings (SSSR count). The highest BCUT2D eigenvalue weighted by Crippen LogP contribution is 2.35. The molecule has 0 spiro atoms. The molecule has 0 radical (unpaired) electrons. The van der Waals surface area contributed by atoms with Crippen LogP contribution in [0.15, 0.2) is 71.1 Å². The first-order valence-electron chi connectivity index (χ1n) is 9.93. The maximum Gasteiger partial charge on any atom is 0.127 e. The zero-order chi connectivity index (χ0) is 19.6. The topological polar surface area (TPSA) is 59.3 Å². The van der Waals surface area contributed by atoms with Gasteiger partial charge in [0.2, 0.25) is 0 Å². The summed E-state index contributed by atoms with van der Waals surface area (Å²) in [6.07, 6.45) is 0.934. The van der Waals surface area contributed by atoms with Gasteiger partial charge < -0.3 is 19.8 Å². The van der Waals surface area contributed by atoms with Crippen LogP contribution in [0.3, 0.4) is 0 Å². The minimum atomic E-state index is 0.227. The largest absolute Gasteiger partial charge is 0.493 e. The maximum atomic E-state index is 5.79. The number of hydrogen-bond acceptors (Lipinski definition) is 5. The fraction of sp³-hybridized carbons (Fsp3) is 0.208. The molecule has 3 heterocycles. The molecule has 0 bridgehead atoms. The molecule has 0 saturated heterocycles. The highest BCUT2D eigenvalue weighted by Gasteiger charge is 2.21. The third-order valence-corrected chi connectivity index (χ3v) is 5.26. The van der Waals surface area contributed by atoms with E-state index in [1.165, 1.54) is 5.56 Å². The van der Waals surface area contributed by atoms with Crippen LogP contribution >= 0.6 is 0 Å². The number of benzene rings is 2. The highest BCUT2D eigenvalue weighted by molar-refractivity contribution is 5.92. The number of nitrogens with zero attached hydrogens (tertiary/aromatic N) is 1. The van der Waals surface area contributed by atoms with Crippen molar-refractivity contribution in [2.75, 3.05) is 17.2 Å². The Labute approximate surface area is 169 Å². The number of furan rings is 1. The predicted octanol–water partition coefficient (Wildman–Crippen LogP) is 5.68. The van der Waals surface area contributed by atoms with Crippen LogP contribution < -0.4 is 15.4 Å². The Hall–Kier alpha value is -3.47. The van der Waals surface area contributed by atoms with E-state index in [0.717, 1.165) is 52.7 Å². The van der Waals surface area contributed by atoms with E-state index in [1.54, 1.807) is 0 Å². The van der Waals surface area contributed by atoms with E-state index in [1.807, 2.05) is 49.4 Å². The standard InChI is InChI=1S/C24H23N3O2/c1-16-9-10-17(29-16)15-25-24-12-11-18-20(6-4-7-21(18)27-24)26-22-13-14-28-23-8-3-2-5-19(22)23/h2-12,22,26H,13-15H2,1H3,(H,25,27). The summed E-state index contributed by atoms with van der Waals surface area (Å²) in [5.74, 6) is 3.62. The Kier molecular flexibility index (Phi) is 4.56. The summed E-state index contributed by atoms with van der Waals surface area (Å²) in [5, 5.41) is 8.15. The van der Waals surface area contributed by atoms with Gasteiger partial charge in [0, 0.05) is 23.1 Å². The zero-order valence-corrected chi connectivity index (χ0v) is 16.3. The van der Waals surface area contributed by atoms with Crippen LogP contribution in [0, 0.1) is 6.92 Å². The van der Waals surface area contributed by atoms with Crippen molar-refractivity contribution >= 4 is 22.4 Å². The maximum absolute atomic E-state index is 5.79. The summed E-state index contributed by atoms with van der Waals surface area (Å²) in [4.78, 5) is 4.78. The summed E-state index contributed by atoms with van der Waals surface area (Å²) >= 11 is 0. The molecule has 2 aromatic carbocycles. The van der Waals surface area contributed by atoms with Crippen molar-refractivity contribution in [2.45, 2.75) is 25.9 Å². The molecule has 1 aliphatic rings. The van der Waals surface area contributed by atoms with E-state index in [0.29, 0.717) is 6.54 Å². The third-order valence-electron chi connectivity index (χ3n) is 5.26. The Bertz CT molecular complexity index is 1150. The van der Waals surface area contributed by atoms with Crippen LogP contribution in [0.4, 0.5) is 11.5 Å². The van der Waals surface area contributed by atoms with E-state index < -0.39 is 0 Å². The highest BCUT2D eigenvalue weighted by atomic mass is 16.5. The minimum Gasteiger partial charge on any atom is -0.493 e. The third kappa shape index (κ3) is 3.63. The molecule has 1 atom stereocenters. The second kappa shape index (κ2) is 7.51. The molecule has 0 saturated carbocycles. The number of pyridine rings is 1. The fourth-order valence-corrected chi connectivity index (χ4v) is 3.82. The quantitative estimate of drug-likeness (QED) is 0.462. The summed E-state index contributed by atoms with van der Waals surface area (Å²) < 4.78 is 11.4. The second-order valence-electron chi connectivity index (χ2n) is 7.31. The summed E-state index contributed by atoms with van der Waals surface area (Å²) in [6, 6.07) is 22.8. The van der Waals surface area contributed by atoms with Gasteiger partial charge in [-0.1, -0.05) is 24.3 Å². The van der Waals surface area contributed by atoms with E-state index in [-0.39, 0.29) is 6.04 Å². The molecule has 5 heteroatoms. The van der Waals surface area contributed by atoms with Crippen LogP contribution in [0.2, 0.25) is 0 Å². The Morgan fingerprint density at radius 3 is 2.83 bits per heavy atom. The van der Waals surface area contributed by atoms with Gasteiger partial charge in [0.1, 0.15) is 23.1 Å². The lowest BCUT2D eigenvalue weighted by molar-refractivity contribution is 0.274. The van der Waals surface area contributed by atoms with Gasteiger partial charge in [-0.15, -0.1) is 0 Å². The van der Waals surface area contributed by atoms with Gasteiger partial charge in [-0.25, -0.2) is 4.98 Å². The number of para-hydroxylation sites is 1. The van der Waals surface area contributed by atoms with Crippen molar-refractivity contribution in [3.05, 3.63) is 83.8 Å². The molecule has 2 aromatic heterocycles. The lowest BCUT2D eigenvalue weighted by Gasteiger charge is -2.27. The number of anilines is 2. The molecule has 4 aromatic rings. The number of hydrogen-bond donors (Lipinski definition) is 2. The normalized spacial score (nSPS) is 15.6. The zero-order valence-electron chi connectivity index (χ0n) is 16.3. The monoisotopic (exact) mass is 385 g/mol. The van der Waals surface area contributed by atoms with Gasteiger partial charge in [-0.2, -0.15) is 0 Å². The number of rotatable bonds is 5. The fourth-order valence-electron chi connectivity index (χ4n) is 3.82. The van der Waals surface area contributed by atoms with E-state index in [2.05, 4.69) is 34.9 Å². The number of aryl methyl sites for hydroxylation is 1. The van der Waals surface area contributed by atoms with Gasteiger partial charge in [0.25, 0.3) is 0 Å². The Morgan fingerprint density at radius 2 is 1.93 bits per heavy atom. The first kappa shape index (κ1) is 17.6. The Balaban J connectivity index is 1.38. The van der Waals surface area contributed by atoms with Crippen LogP contribution in [-0.2, 0) is 6.54 Å². The molecule has 1 aliphatic heterocycles. The van der Waals surface area contributed by atoms with Gasteiger partial charge in [0.15, 0.2) is 0 Å². The number of fused-ring (bicyclic) bond motifs is 2. The predicted molar refractivity (Wildman–Crippen MR) is 115 cm³/mol. The van der Waals surface area contributed by atoms with Gasteiger partial charge in [-0.3, -0.25) is 0 Å². The number of aromatic nitrogens is 1. The molecule has 0 amide bonds. The molecular formula is C24H23N3O2. The first-order chi connectivity index (χ1) is 14.3. The molecule has 1 unspecified atom stereocenters. The van der Waals surface area contributed by atoms with E-state index >= 15 is 0 Å². The SMILES string of the molecule is Cc1ccc(CNc2ccc3c(NC4CCOc5ccccc54)cccc3n2)o1. The van der Waals surface area contributed by atoms with Crippen LogP contribution in [0.1, 0.15) is 29.5 Å². The average Bonchev–Trinajstić information content (AvgIpc) is 3.18. The lowest BCUT2D eigenvalue weighted by atomic mass is 10.00. The molecule has 146 valence electrons. The minimum absolute atomic E-state index is 0.227. The molecule has 0 aliphatic carbocycles. The van der Waals surface area contributed by atoms with Crippen molar-refractivity contribution < 1.29 is 9.15 Å². The van der Waals surface area contributed by atoms with Gasteiger partial charge in [0.05, 0.1) is 24.7 Å². The molecule has 0 fully saturated rings. The first-order valence-corrected chi connectivity index (χ1v) is 9.93. The van der Waals surface area contributed by atoms with Gasteiger partial charge in [-0.05, 0) is 49.4 Å². The molecule has 29 heavy (non-hydrogen) atoms. The smallest absolute Gasteiger partial charge is 0.127 e. The second-order valence-corrected chi connectivity index (χ2v) is 7.31. The molecular weight excluding hydrogens is 362 g/mol. The van der Waals surface area contributed by atoms with E-state index in [9.17, 15) is 0 Å². The van der Waals surface area contributed by atoms with Crippen molar-refractivity contribution in [3.63, 3.8) is 0 Å². The number of ether oxygens (including phenoxy) is 1. The van der Waals surface area contributed by atoms with E-state index in [4.69, 9.17) is 14.1 Å². The molecule has 5 nitrogen and oxygen atoms in total. The van der Waals surface area contributed by atoms with Crippen molar-refractivity contribution in [1.29, 1.82) is 0 Å². The van der Waals surface area contributed by atoms with Crippen LogP contribution in [0.5, 0.6) is 5.75 Å². The lowest BCUT2D eigenvalue weighted by Crippen LogP contribution is -2.20. The summed E-state index contributed by atoms with van der Waals surface area (Å²) in [5.41, 5.74) is 3.25. The average molecular weight is 385 g/mol. The Morgan fingerprint density at radius 1 is 1.00 bits per heavy atom. The van der Waals surface area contributed by atoms with Gasteiger partial charge >= 0.3 is 0 Å². The molecule has 2 N–H and O–H groups in total. The van der Waals surface area contributed by atoms with Crippen LogP contribution in [-0.4, -0.2) is 11.6 Å². The number of nitrogens with one attached hydrogen (secondary N) is 2. The van der Waals surface area contributed by atoms with Crippen molar-refractivity contribution in [2.24, 2.45) is 0 Å². The van der Waals surface area contributed by atoms with Crippen molar-refractivity contribution in [3.8, 4) is 5.75 Å². The van der Waals surface area contributed by atoms with Crippen molar-refractivity contribution in [1.82, 2.24) is 4.98 Å². The summed E-state index contributed by atoms with van der Waals surface area (Å²) in [6.45, 7) is 3.28. The summed E-state index contributed by atoms with van der Waals surface area (Å²) in [7, 11) is 0.